The van der Waals surface area contributed by atoms with Gasteiger partial charge in [0.15, 0.2) is 0 Å². The maximum Gasteiger partial charge on any atom is 0.317 e. The van der Waals surface area contributed by atoms with E-state index in [2.05, 4.69) is 10.3 Å². The summed E-state index contributed by atoms with van der Waals surface area (Å²) in [6.45, 7) is 6.22. The monoisotopic (exact) mass is 409 g/mol. The lowest BCUT2D eigenvalue weighted by Gasteiger charge is -2.36. The lowest BCUT2D eigenvalue weighted by Crippen LogP contribution is -2.54. The third kappa shape index (κ3) is 4.20. The smallest absolute Gasteiger partial charge is 0.317 e. The summed E-state index contributed by atoms with van der Waals surface area (Å²) >= 11 is 0. The van der Waals surface area contributed by atoms with Gasteiger partial charge in [0.2, 0.25) is 0 Å². The average molecular weight is 410 g/mol. The number of amides is 3. The molecule has 7 nitrogen and oxygen atoms in total. The van der Waals surface area contributed by atoms with Crippen molar-refractivity contribution in [1.82, 2.24) is 24.7 Å². The molecule has 2 aliphatic rings. The molecule has 30 heavy (non-hydrogen) atoms. The second-order valence-corrected chi connectivity index (χ2v) is 8.37. The molecule has 4 rings (SSSR count). The van der Waals surface area contributed by atoms with Crippen LogP contribution in [0, 0.1) is 13.8 Å². The van der Waals surface area contributed by atoms with E-state index >= 15 is 0 Å². The standard InChI is InChI=1S/C23H31N5O2/c1-17-16-20(18(2)28(17)21-10-6-7-11-24-21)22(29)26-12-14-27(15-13-26)23(30)25-19-8-4-3-5-9-19/h6-7,10-11,16,19H,3-5,8-9,12-15H2,1-2H3,(H,25,30). The van der Waals surface area contributed by atoms with Crippen molar-refractivity contribution in [2.24, 2.45) is 0 Å². The summed E-state index contributed by atoms with van der Waals surface area (Å²) in [6, 6.07) is 8.03. The molecule has 1 aliphatic heterocycles. The van der Waals surface area contributed by atoms with E-state index in [-0.39, 0.29) is 11.9 Å². The average Bonchev–Trinajstić information content (AvgIpc) is 3.08. The Hall–Kier alpha value is -2.83. The minimum Gasteiger partial charge on any atom is -0.335 e. The van der Waals surface area contributed by atoms with Crippen LogP contribution in [0.25, 0.3) is 5.82 Å². The van der Waals surface area contributed by atoms with Gasteiger partial charge >= 0.3 is 6.03 Å². The topological polar surface area (TPSA) is 70.5 Å². The predicted molar refractivity (Wildman–Crippen MR) is 116 cm³/mol. The van der Waals surface area contributed by atoms with Crippen molar-refractivity contribution >= 4 is 11.9 Å². The van der Waals surface area contributed by atoms with E-state index in [0.717, 1.165) is 30.0 Å². The highest BCUT2D eigenvalue weighted by Gasteiger charge is 2.28. The van der Waals surface area contributed by atoms with Crippen molar-refractivity contribution in [3.05, 3.63) is 47.4 Å². The zero-order chi connectivity index (χ0) is 21.1. The summed E-state index contributed by atoms with van der Waals surface area (Å²) in [6.07, 6.45) is 7.59. The van der Waals surface area contributed by atoms with E-state index in [4.69, 9.17) is 0 Å². The highest BCUT2D eigenvalue weighted by molar-refractivity contribution is 5.96. The van der Waals surface area contributed by atoms with Gasteiger partial charge < -0.3 is 19.7 Å². The molecular formula is C23H31N5O2. The largest absolute Gasteiger partial charge is 0.335 e. The Morgan fingerprint density at radius 3 is 2.37 bits per heavy atom. The first kappa shape index (κ1) is 20.4. The molecule has 0 radical (unpaired) electrons. The molecule has 2 aromatic rings. The Morgan fingerprint density at radius 2 is 1.70 bits per heavy atom. The molecule has 7 heteroatoms. The number of urea groups is 1. The van der Waals surface area contributed by atoms with Crippen LogP contribution in [0.5, 0.6) is 0 Å². The Bertz CT molecular complexity index is 894. The number of nitrogens with one attached hydrogen (secondary N) is 1. The molecule has 3 amide bonds. The summed E-state index contributed by atoms with van der Waals surface area (Å²) in [5, 5.41) is 3.18. The number of carbonyl (C=O) groups is 2. The minimum absolute atomic E-state index is 0.0160. The van der Waals surface area contributed by atoms with Gasteiger partial charge in [-0.3, -0.25) is 4.79 Å². The van der Waals surface area contributed by atoms with Crippen molar-refractivity contribution in [3.63, 3.8) is 0 Å². The molecule has 0 unspecified atom stereocenters. The van der Waals surface area contributed by atoms with Gasteiger partial charge in [0.05, 0.1) is 5.56 Å². The molecule has 0 spiro atoms. The summed E-state index contributed by atoms with van der Waals surface area (Å²) in [5.74, 6) is 0.841. The van der Waals surface area contributed by atoms with Crippen molar-refractivity contribution < 1.29 is 9.59 Å². The molecule has 3 heterocycles. The SMILES string of the molecule is Cc1cc(C(=O)N2CCN(C(=O)NC3CCCCC3)CC2)c(C)n1-c1ccccn1. The summed E-state index contributed by atoms with van der Waals surface area (Å²) in [4.78, 5) is 33.9. The van der Waals surface area contributed by atoms with Gasteiger partial charge in [0.25, 0.3) is 5.91 Å². The fourth-order valence-corrected chi connectivity index (χ4v) is 4.61. The predicted octanol–water partition coefficient (Wildman–Crippen LogP) is 3.29. The first-order valence-electron chi connectivity index (χ1n) is 11.0. The third-order valence-corrected chi connectivity index (χ3v) is 6.33. The number of rotatable bonds is 3. The van der Waals surface area contributed by atoms with Crippen molar-refractivity contribution in [2.75, 3.05) is 26.2 Å². The van der Waals surface area contributed by atoms with E-state index in [0.29, 0.717) is 37.8 Å². The number of pyridine rings is 1. The fourth-order valence-electron chi connectivity index (χ4n) is 4.61. The van der Waals surface area contributed by atoms with Gasteiger partial charge in [-0.05, 0) is 44.9 Å². The van der Waals surface area contributed by atoms with Crippen LogP contribution in [0.4, 0.5) is 4.79 Å². The van der Waals surface area contributed by atoms with Crippen molar-refractivity contribution in [2.45, 2.75) is 52.0 Å². The Labute approximate surface area is 178 Å². The van der Waals surface area contributed by atoms with Crippen molar-refractivity contribution in [3.8, 4) is 5.82 Å². The molecule has 1 saturated carbocycles. The van der Waals surface area contributed by atoms with Crippen LogP contribution in [-0.4, -0.2) is 63.5 Å². The minimum atomic E-state index is 0.0160. The lowest BCUT2D eigenvalue weighted by molar-refractivity contribution is 0.0662. The highest BCUT2D eigenvalue weighted by Crippen LogP contribution is 2.22. The molecule has 2 fully saturated rings. The number of carbonyl (C=O) groups excluding carboxylic acids is 2. The molecule has 1 N–H and O–H groups in total. The second kappa shape index (κ2) is 8.90. The quantitative estimate of drug-likeness (QED) is 0.846. The summed E-state index contributed by atoms with van der Waals surface area (Å²) in [5.41, 5.74) is 2.59. The molecule has 0 bridgehead atoms. The number of piperazine rings is 1. The van der Waals surface area contributed by atoms with Gasteiger partial charge in [-0.1, -0.05) is 25.3 Å². The molecule has 1 aliphatic carbocycles. The second-order valence-electron chi connectivity index (χ2n) is 8.37. The molecule has 0 aromatic carbocycles. The third-order valence-electron chi connectivity index (χ3n) is 6.33. The molecule has 2 aromatic heterocycles. The highest BCUT2D eigenvalue weighted by atomic mass is 16.2. The van der Waals surface area contributed by atoms with Gasteiger partial charge in [-0.25, -0.2) is 9.78 Å². The number of aromatic nitrogens is 2. The van der Waals surface area contributed by atoms with E-state index in [1.807, 2.05) is 52.5 Å². The van der Waals surface area contributed by atoms with E-state index in [1.165, 1.54) is 19.3 Å². The van der Waals surface area contributed by atoms with E-state index in [1.54, 1.807) is 6.20 Å². The first-order valence-corrected chi connectivity index (χ1v) is 11.0. The normalized spacial score (nSPS) is 17.8. The Kier molecular flexibility index (Phi) is 6.06. The van der Waals surface area contributed by atoms with Crippen LogP contribution in [0.1, 0.15) is 53.8 Å². The van der Waals surface area contributed by atoms with E-state index in [9.17, 15) is 9.59 Å². The Balaban J connectivity index is 1.38. The molecule has 1 saturated heterocycles. The van der Waals surface area contributed by atoms with Crippen LogP contribution < -0.4 is 5.32 Å². The summed E-state index contributed by atoms with van der Waals surface area (Å²) < 4.78 is 2.01. The molecule has 0 atom stereocenters. The zero-order valence-electron chi connectivity index (χ0n) is 17.9. The van der Waals surface area contributed by atoms with Crippen LogP contribution in [0.3, 0.4) is 0 Å². The maximum atomic E-state index is 13.2. The number of aryl methyl sites for hydroxylation is 1. The van der Waals surface area contributed by atoms with Gasteiger partial charge in [-0.2, -0.15) is 0 Å². The first-order chi connectivity index (χ1) is 14.5. The van der Waals surface area contributed by atoms with E-state index < -0.39 is 0 Å². The lowest BCUT2D eigenvalue weighted by atomic mass is 9.96. The van der Waals surface area contributed by atoms with Gasteiger partial charge in [-0.15, -0.1) is 0 Å². The number of hydrogen-bond acceptors (Lipinski definition) is 3. The fraction of sp³-hybridized carbons (Fsp3) is 0.522. The maximum absolute atomic E-state index is 13.2. The number of hydrogen-bond donors (Lipinski definition) is 1. The summed E-state index contributed by atoms with van der Waals surface area (Å²) in [7, 11) is 0. The Morgan fingerprint density at radius 1 is 1.00 bits per heavy atom. The van der Waals surface area contributed by atoms with Crippen LogP contribution in [0.15, 0.2) is 30.5 Å². The van der Waals surface area contributed by atoms with Crippen molar-refractivity contribution in [1.29, 1.82) is 0 Å². The molecule has 160 valence electrons. The van der Waals surface area contributed by atoms with Crippen LogP contribution in [-0.2, 0) is 0 Å². The van der Waals surface area contributed by atoms with Crippen LogP contribution in [0.2, 0.25) is 0 Å². The zero-order valence-corrected chi connectivity index (χ0v) is 17.9. The van der Waals surface area contributed by atoms with Crippen LogP contribution >= 0.6 is 0 Å². The van der Waals surface area contributed by atoms with Gasteiger partial charge in [0, 0.05) is 49.8 Å². The van der Waals surface area contributed by atoms with Gasteiger partial charge in [0.1, 0.15) is 5.82 Å². The number of nitrogens with zero attached hydrogens (tertiary/aromatic N) is 4. The molecular weight excluding hydrogens is 378 g/mol.